The van der Waals surface area contributed by atoms with Crippen molar-refractivity contribution in [2.75, 3.05) is 0 Å². The van der Waals surface area contributed by atoms with E-state index in [0.717, 1.165) is 12.8 Å². The van der Waals surface area contributed by atoms with Crippen LogP contribution in [0.5, 0.6) is 0 Å². The molecule has 1 aromatic carbocycles. The monoisotopic (exact) mass is 241 g/mol. The van der Waals surface area contributed by atoms with E-state index in [2.05, 4.69) is 4.98 Å². The maximum absolute atomic E-state index is 14.3. The number of Topliss-reactive ketones (excluding diaryl/α,β-unsaturated/α-hetero) is 1. The SMILES string of the molecule is O=C(c1cccc(-c2cccnc2)c1F)C1CC1. The van der Waals surface area contributed by atoms with Gasteiger partial charge in [-0.25, -0.2) is 4.39 Å². The van der Waals surface area contributed by atoms with E-state index in [4.69, 9.17) is 0 Å². The third-order valence-corrected chi connectivity index (χ3v) is 3.18. The van der Waals surface area contributed by atoms with E-state index in [1.807, 2.05) is 0 Å². The van der Waals surface area contributed by atoms with Crippen molar-refractivity contribution >= 4 is 5.78 Å². The fraction of sp³-hybridized carbons (Fsp3) is 0.200. The fourth-order valence-electron chi connectivity index (χ4n) is 2.03. The van der Waals surface area contributed by atoms with E-state index in [-0.39, 0.29) is 17.3 Å². The van der Waals surface area contributed by atoms with Gasteiger partial charge in [-0.05, 0) is 25.0 Å². The first-order valence-electron chi connectivity index (χ1n) is 6.00. The van der Waals surface area contributed by atoms with Crippen LogP contribution >= 0.6 is 0 Å². The topological polar surface area (TPSA) is 30.0 Å². The first-order chi connectivity index (χ1) is 8.77. The molecule has 3 rings (SSSR count). The van der Waals surface area contributed by atoms with E-state index in [9.17, 15) is 9.18 Å². The summed E-state index contributed by atoms with van der Waals surface area (Å²) in [6.07, 6.45) is 5.01. The van der Waals surface area contributed by atoms with Crippen LogP contribution in [-0.4, -0.2) is 10.8 Å². The third-order valence-electron chi connectivity index (χ3n) is 3.18. The molecule has 1 heterocycles. The maximum atomic E-state index is 14.3. The second-order valence-corrected chi connectivity index (χ2v) is 4.55. The van der Waals surface area contributed by atoms with E-state index in [1.54, 1.807) is 42.7 Å². The molecule has 18 heavy (non-hydrogen) atoms. The molecule has 1 aliphatic carbocycles. The Morgan fingerprint density at radius 1 is 1.22 bits per heavy atom. The molecule has 3 heteroatoms. The summed E-state index contributed by atoms with van der Waals surface area (Å²) in [4.78, 5) is 15.9. The Labute approximate surface area is 104 Å². The van der Waals surface area contributed by atoms with Crippen LogP contribution in [0.2, 0.25) is 0 Å². The summed E-state index contributed by atoms with van der Waals surface area (Å²) in [5, 5.41) is 0. The van der Waals surface area contributed by atoms with Crippen LogP contribution in [-0.2, 0) is 0 Å². The van der Waals surface area contributed by atoms with Gasteiger partial charge in [0.05, 0.1) is 5.56 Å². The van der Waals surface area contributed by atoms with Crippen molar-refractivity contribution in [1.29, 1.82) is 0 Å². The molecule has 1 aliphatic rings. The quantitative estimate of drug-likeness (QED) is 0.770. The van der Waals surface area contributed by atoms with Crippen LogP contribution < -0.4 is 0 Å². The minimum Gasteiger partial charge on any atom is -0.294 e. The van der Waals surface area contributed by atoms with Gasteiger partial charge in [0.2, 0.25) is 0 Å². The lowest BCUT2D eigenvalue weighted by Crippen LogP contribution is -2.05. The summed E-state index contributed by atoms with van der Waals surface area (Å²) in [6.45, 7) is 0. The number of hydrogen-bond acceptors (Lipinski definition) is 2. The van der Waals surface area contributed by atoms with Crippen molar-refractivity contribution in [3.63, 3.8) is 0 Å². The van der Waals surface area contributed by atoms with Crippen LogP contribution in [0.15, 0.2) is 42.7 Å². The van der Waals surface area contributed by atoms with Crippen LogP contribution in [0.4, 0.5) is 4.39 Å². The zero-order valence-corrected chi connectivity index (χ0v) is 9.77. The number of halogens is 1. The van der Waals surface area contributed by atoms with Gasteiger partial charge in [0.15, 0.2) is 5.78 Å². The van der Waals surface area contributed by atoms with Gasteiger partial charge >= 0.3 is 0 Å². The lowest BCUT2D eigenvalue weighted by molar-refractivity contribution is 0.0964. The van der Waals surface area contributed by atoms with Gasteiger partial charge in [0.25, 0.3) is 0 Å². The van der Waals surface area contributed by atoms with Gasteiger partial charge in [-0.2, -0.15) is 0 Å². The lowest BCUT2D eigenvalue weighted by Gasteiger charge is -2.07. The second kappa shape index (κ2) is 4.33. The number of rotatable bonds is 3. The molecule has 2 aromatic rings. The van der Waals surface area contributed by atoms with Gasteiger partial charge in [-0.15, -0.1) is 0 Å². The first kappa shape index (κ1) is 11.1. The van der Waals surface area contributed by atoms with Crippen molar-refractivity contribution in [1.82, 2.24) is 4.98 Å². The van der Waals surface area contributed by atoms with Crippen LogP contribution in [0.3, 0.4) is 0 Å². The number of ketones is 1. The average molecular weight is 241 g/mol. The van der Waals surface area contributed by atoms with Gasteiger partial charge in [-0.3, -0.25) is 9.78 Å². The zero-order valence-electron chi connectivity index (χ0n) is 9.77. The summed E-state index contributed by atoms with van der Waals surface area (Å²) in [5.74, 6) is -0.468. The molecule has 0 spiro atoms. The number of benzene rings is 1. The Kier molecular flexibility index (Phi) is 2.67. The summed E-state index contributed by atoms with van der Waals surface area (Å²) in [6, 6.07) is 8.51. The Hall–Kier alpha value is -2.03. The summed E-state index contributed by atoms with van der Waals surface area (Å²) >= 11 is 0. The highest BCUT2D eigenvalue weighted by molar-refractivity contribution is 6.00. The molecular weight excluding hydrogens is 229 g/mol. The Morgan fingerprint density at radius 2 is 2.06 bits per heavy atom. The summed E-state index contributed by atoms with van der Waals surface area (Å²) < 4.78 is 14.3. The van der Waals surface area contributed by atoms with Crippen LogP contribution in [0.25, 0.3) is 11.1 Å². The Morgan fingerprint density at radius 3 is 2.72 bits per heavy atom. The predicted molar refractivity (Wildman–Crippen MR) is 66.7 cm³/mol. The minimum absolute atomic E-state index is 0.0312. The molecule has 1 fully saturated rings. The Balaban J connectivity index is 2.06. The first-order valence-corrected chi connectivity index (χ1v) is 6.00. The van der Waals surface area contributed by atoms with E-state index < -0.39 is 5.82 Å². The van der Waals surface area contributed by atoms with Crippen molar-refractivity contribution < 1.29 is 9.18 Å². The molecule has 1 saturated carbocycles. The molecule has 0 amide bonds. The average Bonchev–Trinajstić information content (AvgIpc) is 3.24. The summed E-state index contributed by atoms with van der Waals surface area (Å²) in [7, 11) is 0. The number of carbonyl (C=O) groups is 1. The lowest BCUT2D eigenvalue weighted by atomic mass is 9.99. The van der Waals surface area contributed by atoms with Gasteiger partial charge < -0.3 is 0 Å². The third kappa shape index (κ3) is 1.92. The molecule has 90 valence electrons. The van der Waals surface area contributed by atoms with Gasteiger partial charge in [-0.1, -0.05) is 18.2 Å². The van der Waals surface area contributed by atoms with Gasteiger partial charge in [0.1, 0.15) is 5.82 Å². The van der Waals surface area contributed by atoms with Crippen molar-refractivity contribution in [3.05, 3.63) is 54.1 Å². The van der Waals surface area contributed by atoms with Crippen molar-refractivity contribution in [2.24, 2.45) is 5.92 Å². The van der Waals surface area contributed by atoms with Crippen LogP contribution in [0.1, 0.15) is 23.2 Å². The zero-order chi connectivity index (χ0) is 12.5. The highest BCUT2D eigenvalue weighted by Gasteiger charge is 2.32. The number of carbonyl (C=O) groups excluding carboxylic acids is 1. The molecule has 0 saturated heterocycles. The number of aromatic nitrogens is 1. The molecular formula is C15H12FNO. The molecule has 0 unspecified atom stereocenters. The number of nitrogens with zero attached hydrogens (tertiary/aromatic N) is 1. The van der Waals surface area contributed by atoms with Crippen LogP contribution in [0, 0.1) is 11.7 Å². The smallest absolute Gasteiger partial charge is 0.168 e. The summed E-state index contributed by atoms with van der Waals surface area (Å²) in [5.41, 5.74) is 1.34. The molecule has 0 aliphatic heterocycles. The second-order valence-electron chi connectivity index (χ2n) is 4.55. The standard InChI is InChI=1S/C15H12FNO/c16-14-12(11-3-2-8-17-9-11)4-1-5-13(14)15(18)10-6-7-10/h1-5,8-10H,6-7H2. The minimum atomic E-state index is -0.428. The van der Waals surface area contributed by atoms with E-state index in [1.165, 1.54) is 0 Å². The van der Waals surface area contributed by atoms with E-state index >= 15 is 0 Å². The van der Waals surface area contributed by atoms with Crippen molar-refractivity contribution in [2.45, 2.75) is 12.8 Å². The largest absolute Gasteiger partial charge is 0.294 e. The molecule has 2 nitrogen and oxygen atoms in total. The maximum Gasteiger partial charge on any atom is 0.168 e. The fourth-order valence-corrected chi connectivity index (χ4v) is 2.03. The normalized spacial score (nSPS) is 14.5. The highest BCUT2D eigenvalue weighted by atomic mass is 19.1. The van der Waals surface area contributed by atoms with Gasteiger partial charge in [0, 0.05) is 29.4 Å². The number of pyridine rings is 1. The molecule has 1 aromatic heterocycles. The van der Waals surface area contributed by atoms with Crippen molar-refractivity contribution in [3.8, 4) is 11.1 Å². The molecule has 0 bridgehead atoms. The predicted octanol–water partition coefficient (Wildman–Crippen LogP) is 3.48. The molecule has 0 N–H and O–H groups in total. The van der Waals surface area contributed by atoms with E-state index in [0.29, 0.717) is 11.1 Å². The highest BCUT2D eigenvalue weighted by Crippen LogP contribution is 2.34. The Bertz CT molecular complexity index is 591. The molecule has 0 atom stereocenters. The number of hydrogen-bond donors (Lipinski definition) is 0. The molecule has 0 radical (unpaired) electrons.